The quantitative estimate of drug-likeness (QED) is 0.259. The molecule has 1 aromatic carbocycles. The number of nitrogens with zero attached hydrogens (tertiary/aromatic N) is 2. The maximum absolute atomic E-state index is 15.4. The second-order valence-electron chi connectivity index (χ2n) is 11.6. The number of rotatable bonds is 13. The molecule has 1 aromatic heterocycles. The lowest BCUT2D eigenvalue weighted by atomic mass is 9.88. The summed E-state index contributed by atoms with van der Waals surface area (Å²) in [5, 5.41) is 14.5. The van der Waals surface area contributed by atoms with Gasteiger partial charge in [0, 0.05) is 18.8 Å². The van der Waals surface area contributed by atoms with Gasteiger partial charge in [-0.2, -0.15) is 18.3 Å². The number of carbonyl (C=O) groups excluding carboxylic acids is 3. The van der Waals surface area contributed by atoms with E-state index in [1.165, 1.54) is 19.2 Å². The topological polar surface area (TPSA) is 117 Å². The number of carbonyl (C=O) groups is 3. The molecule has 13 heteroatoms. The van der Waals surface area contributed by atoms with Crippen LogP contribution in [0, 0.1) is 23.6 Å². The van der Waals surface area contributed by atoms with Crippen LogP contribution in [-0.4, -0.2) is 53.3 Å². The zero-order chi connectivity index (χ0) is 30.8. The second-order valence-corrected chi connectivity index (χ2v) is 11.6. The SMILES string of the molecule is CNCc1cc(NC(=O)[C@@H](NC(=O)c2ccnn2C(C)C)C(C2CC2)C2CC2)c(F)cc1C(C)C(=O)NCC(F)(F)F. The Kier molecular flexibility index (Phi) is 9.59. The number of amides is 3. The predicted molar refractivity (Wildman–Crippen MR) is 148 cm³/mol. The van der Waals surface area contributed by atoms with Crippen molar-refractivity contribution in [3.05, 3.63) is 47.0 Å². The summed E-state index contributed by atoms with van der Waals surface area (Å²) >= 11 is 0. The molecular weight excluding hydrogens is 556 g/mol. The van der Waals surface area contributed by atoms with Gasteiger partial charge in [-0.15, -0.1) is 0 Å². The lowest BCUT2D eigenvalue weighted by Crippen LogP contribution is -2.50. The van der Waals surface area contributed by atoms with Gasteiger partial charge in [-0.3, -0.25) is 19.1 Å². The van der Waals surface area contributed by atoms with Crippen LogP contribution in [0.4, 0.5) is 23.2 Å². The first kappa shape index (κ1) is 31.5. The fourth-order valence-corrected chi connectivity index (χ4v) is 5.52. The van der Waals surface area contributed by atoms with E-state index in [9.17, 15) is 27.6 Å². The summed E-state index contributed by atoms with van der Waals surface area (Å²) in [5.41, 5.74) is 0.804. The highest BCUT2D eigenvalue weighted by Gasteiger charge is 2.48. The molecule has 0 radical (unpaired) electrons. The molecule has 9 nitrogen and oxygen atoms in total. The number of alkyl halides is 3. The Hall–Kier alpha value is -3.48. The Morgan fingerprint density at radius 1 is 1.05 bits per heavy atom. The normalized spacial score (nSPS) is 16.8. The number of aromatic nitrogens is 2. The predicted octanol–water partition coefficient (Wildman–Crippen LogP) is 4.28. The standard InChI is InChI=1S/C29H38F4N6O3/c1-15(2)39-23(9-10-36-39)27(41)38-25(24(17-5-6-17)18-7-8-18)28(42)37-22-11-19(13-34-4)20(12-21(22)30)16(3)26(40)35-14-29(31,32)33/h9-12,15-18,24-25,34H,5-8,13-14H2,1-4H3,(H,35,40)(H,37,42)(H,38,41)/t16?,25-/m0/s1. The second kappa shape index (κ2) is 12.8. The first-order valence-electron chi connectivity index (χ1n) is 14.3. The van der Waals surface area contributed by atoms with E-state index in [2.05, 4.69) is 21.0 Å². The van der Waals surface area contributed by atoms with Crippen LogP contribution >= 0.6 is 0 Å². The molecule has 4 rings (SSSR count). The highest BCUT2D eigenvalue weighted by atomic mass is 19.4. The van der Waals surface area contributed by atoms with E-state index in [-0.39, 0.29) is 41.6 Å². The molecule has 0 spiro atoms. The minimum Gasteiger partial charge on any atom is -0.346 e. The van der Waals surface area contributed by atoms with Crippen molar-refractivity contribution in [1.82, 2.24) is 25.7 Å². The minimum atomic E-state index is -4.58. The molecule has 0 aliphatic heterocycles. The lowest BCUT2D eigenvalue weighted by molar-refractivity contribution is -0.139. The zero-order valence-electron chi connectivity index (χ0n) is 24.1. The molecule has 2 aliphatic carbocycles. The Labute approximate surface area is 242 Å². The van der Waals surface area contributed by atoms with Crippen molar-refractivity contribution < 1.29 is 31.9 Å². The van der Waals surface area contributed by atoms with Crippen LogP contribution in [0.3, 0.4) is 0 Å². The maximum Gasteiger partial charge on any atom is 0.405 e. The van der Waals surface area contributed by atoms with E-state index in [4.69, 9.17) is 0 Å². The molecule has 3 amide bonds. The fraction of sp³-hybridized carbons (Fsp3) is 0.586. The molecule has 2 saturated carbocycles. The van der Waals surface area contributed by atoms with Gasteiger partial charge >= 0.3 is 6.18 Å². The van der Waals surface area contributed by atoms with Gasteiger partial charge in [0.05, 0.1) is 11.6 Å². The van der Waals surface area contributed by atoms with Crippen molar-refractivity contribution in [2.75, 3.05) is 18.9 Å². The summed E-state index contributed by atoms with van der Waals surface area (Å²) in [5.74, 6) is -3.35. The number of anilines is 1. The number of hydrogen-bond donors (Lipinski definition) is 4. The molecule has 0 bridgehead atoms. The number of benzene rings is 1. The number of halogens is 4. The van der Waals surface area contributed by atoms with Gasteiger partial charge in [0.1, 0.15) is 24.1 Å². The van der Waals surface area contributed by atoms with Gasteiger partial charge in [0.2, 0.25) is 11.8 Å². The summed E-state index contributed by atoms with van der Waals surface area (Å²) in [6.45, 7) is 3.84. The smallest absolute Gasteiger partial charge is 0.346 e. The van der Waals surface area contributed by atoms with Crippen LogP contribution < -0.4 is 21.3 Å². The van der Waals surface area contributed by atoms with E-state index in [1.807, 2.05) is 19.2 Å². The Morgan fingerprint density at radius 2 is 1.69 bits per heavy atom. The van der Waals surface area contributed by atoms with Crippen molar-refractivity contribution in [2.45, 2.75) is 77.2 Å². The molecule has 42 heavy (non-hydrogen) atoms. The van der Waals surface area contributed by atoms with Crippen molar-refractivity contribution in [2.24, 2.45) is 17.8 Å². The summed E-state index contributed by atoms with van der Waals surface area (Å²) in [7, 11) is 1.63. The molecule has 1 unspecified atom stereocenters. The Bertz CT molecular complexity index is 1290. The van der Waals surface area contributed by atoms with E-state index in [1.54, 1.807) is 17.8 Å². The van der Waals surface area contributed by atoms with E-state index < -0.39 is 48.2 Å². The molecule has 2 aromatic rings. The zero-order valence-corrected chi connectivity index (χ0v) is 24.1. The van der Waals surface area contributed by atoms with Gasteiger partial charge in [-0.25, -0.2) is 4.39 Å². The third-order valence-corrected chi connectivity index (χ3v) is 7.86. The third-order valence-electron chi connectivity index (χ3n) is 7.86. The Balaban J connectivity index is 1.59. The van der Waals surface area contributed by atoms with Crippen LogP contribution in [0.2, 0.25) is 0 Å². The molecule has 2 fully saturated rings. The van der Waals surface area contributed by atoms with E-state index in [0.29, 0.717) is 11.3 Å². The maximum atomic E-state index is 15.4. The molecule has 1 heterocycles. The van der Waals surface area contributed by atoms with Crippen molar-refractivity contribution in [3.63, 3.8) is 0 Å². The highest BCUT2D eigenvalue weighted by molar-refractivity contribution is 6.01. The van der Waals surface area contributed by atoms with Gasteiger partial charge in [-0.1, -0.05) is 0 Å². The molecule has 230 valence electrons. The van der Waals surface area contributed by atoms with Crippen LogP contribution in [0.1, 0.15) is 80.0 Å². The first-order valence-corrected chi connectivity index (χ1v) is 14.3. The van der Waals surface area contributed by atoms with E-state index in [0.717, 1.165) is 31.7 Å². The third kappa shape index (κ3) is 7.67. The number of nitrogens with one attached hydrogen (secondary N) is 4. The fourth-order valence-electron chi connectivity index (χ4n) is 5.52. The van der Waals surface area contributed by atoms with Gasteiger partial charge < -0.3 is 21.3 Å². The molecule has 0 saturated heterocycles. The van der Waals surface area contributed by atoms with Crippen molar-refractivity contribution in [1.29, 1.82) is 0 Å². The summed E-state index contributed by atoms with van der Waals surface area (Å²) in [6, 6.07) is 3.04. The summed E-state index contributed by atoms with van der Waals surface area (Å²) < 4.78 is 54.8. The van der Waals surface area contributed by atoms with Crippen LogP contribution in [0.15, 0.2) is 24.4 Å². The van der Waals surface area contributed by atoms with Crippen molar-refractivity contribution >= 4 is 23.4 Å². The Morgan fingerprint density at radius 3 is 2.24 bits per heavy atom. The monoisotopic (exact) mass is 594 g/mol. The summed E-state index contributed by atoms with van der Waals surface area (Å²) in [4.78, 5) is 39.5. The first-order chi connectivity index (χ1) is 19.8. The average molecular weight is 595 g/mol. The highest BCUT2D eigenvalue weighted by Crippen LogP contribution is 2.51. The van der Waals surface area contributed by atoms with Gasteiger partial charge in [-0.05, 0) is 101 Å². The summed E-state index contributed by atoms with van der Waals surface area (Å²) in [6.07, 6.45) is 0.751. The molecule has 4 N–H and O–H groups in total. The molecular formula is C29H38F4N6O3. The van der Waals surface area contributed by atoms with Crippen molar-refractivity contribution in [3.8, 4) is 0 Å². The van der Waals surface area contributed by atoms with Gasteiger partial charge in [0.15, 0.2) is 0 Å². The molecule has 2 aliphatic rings. The average Bonchev–Trinajstić information content (AvgIpc) is 3.87. The minimum absolute atomic E-state index is 0.0770. The van der Waals surface area contributed by atoms with Crippen LogP contribution in [0.5, 0.6) is 0 Å². The molecule has 2 atom stereocenters. The van der Waals surface area contributed by atoms with Crippen LogP contribution in [-0.2, 0) is 16.1 Å². The van der Waals surface area contributed by atoms with Crippen LogP contribution in [0.25, 0.3) is 0 Å². The number of hydrogen-bond acceptors (Lipinski definition) is 5. The van der Waals surface area contributed by atoms with E-state index >= 15 is 4.39 Å². The van der Waals surface area contributed by atoms with Gasteiger partial charge in [0.25, 0.3) is 5.91 Å². The lowest BCUT2D eigenvalue weighted by Gasteiger charge is -2.28. The largest absolute Gasteiger partial charge is 0.405 e.